The van der Waals surface area contributed by atoms with Gasteiger partial charge in [-0.2, -0.15) is 13.2 Å². The van der Waals surface area contributed by atoms with Crippen LogP contribution in [0.1, 0.15) is 29.2 Å². The van der Waals surface area contributed by atoms with Crippen LogP contribution in [0.3, 0.4) is 0 Å². The van der Waals surface area contributed by atoms with E-state index in [-0.39, 0.29) is 13.0 Å². The van der Waals surface area contributed by atoms with Crippen molar-refractivity contribution in [1.82, 2.24) is 10.6 Å². The van der Waals surface area contributed by atoms with Gasteiger partial charge in [0.2, 0.25) is 0 Å². The van der Waals surface area contributed by atoms with E-state index in [9.17, 15) is 22.8 Å². The highest BCUT2D eigenvalue weighted by molar-refractivity contribution is 5.76. The number of esters is 1. The second kappa shape index (κ2) is 9.07. The molecular formula is C19H19F3N2O3. The molecule has 2 aromatic carbocycles. The van der Waals surface area contributed by atoms with Gasteiger partial charge in [-0.25, -0.2) is 4.79 Å². The average molecular weight is 380 g/mol. The van der Waals surface area contributed by atoms with Crippen molar-refractivity contribution in [2.45, 2.75) is 25.2 Å². The summed E-state index contributed by atoms with van der Waals surface area (Å²) >= 11 is 0. The van der Waals surface area contributed by atoms with Gasteiger partial charge in [-0.15, -0.1) is 0 Å². The van der Waals surface area contributed by atoms with Crippen LogP contribution in [0.15, 0.2) is 54.6 Å². The van der Waals surface area contributed by atoms with Crippen LogP contribution in [-0.4, -0.2) is 19.1 Å². The maximum atomic E-state index is 12.7. The first-order valence-electron chi connectivity index (χ1n) is 8.12. The molecule has 8 heteroatoms. The first-order chi connectivity index (χ1) is 12.8. The van der Waals surface area contributed by atoms with E-state index in [2.05, 4.69) is 15.4 Å². The highest BCUT2D eigenvalue weighted by Crippen LogP contribution is 2.29. The third kappa shape index (κ3) is 6.32. The van der Waals surface area contributed by atoms with Gasteiger partial charge >= 0.3 is 18.2 Å². The van der Waals surface area contributed by atoms with Gasteiger partial charge < -0.3 is 15.4 Å². The zero-order chi connectivity index (χ0) is 19.9. The zero-order valence-electron chi connectivity index (χ0n) is 14.5. The van der Waals surface area contributed by atoms with Gasteiger partial charge in [-0.05, 0) is 23.3 Å². The van der Waals surface area contributed by atoms with Crippen molar-refractivity contribution >= 4 is 12.0 Å². The lowest BCUT2D eigenvalue weighted by molar-refractivity contribution is -0.141. The first-order valence-corrected chi connectivity index (χ1v) is 8.12. The van der Waals surface area contributed by atoms with Crippen LogP contribution in [0, 0.1) is 0 Å². The second-order valence-corrected chi connectivity index (χ2v) is 5.77. The van der Waals surface area contributed by atoms with Crippen molar-refractivity contribution in [1.29, 1.82) is 0 Å². The molecule has 1 unspecified atom stereocenters. The van der Waals surface area contributed by atoms with Crippen molar-refractivity contribution < 1.29 is 27.5 Å². The molecule has 5 nitrogen and oxygen atoms in total. The summed E-state index contributed by atoms with van der Waals surface area (Å²) in [6.45, 7) is -0.0878. The Bertz CT molecular complexity index is 779. The third-order valence-electron chi connectivity index (χ3n) is 3.81. The Morgan fingerprint density at radius 3 is 2.41 bits per heavy atom. The van der Waals surface area contributed by atoms with Crippen LogP contribution in [0.4, 0.5) is 18.0 Å². The van der Waals surface area contributed by atoms with Crippen LogP contribution < -0.4 is 10.6 Å². The molecule has 0 heterocycles. The molecule has 1 atom stereocenters. The number of urea groups is 1. The van der Waals surface area contributed by atoms with Gasteiger partial charge in [0.05, 0.1) is 25.1 Å². The smallest absolute Gasteiger partial charge is 0.416 e. The highest BCUT2D eigenvalue weighted by atomic mass is 19.4. The molecule has 2 amide bonds. The highest BCUT2D eigenvalue weighted by Gasteiger charge is 2.30. The molecule has 27 heavy (non-hydrogen) atoms. The fourth-order valence-electron chi connectivity index (χ4n) is 2.44. The van der Waals surface area contributed by atoms with E-state index in [0.29, 0.717) is 11.1 Å². The lowest BCUT2D eigenvalue weighted by Crippen LogP contribution is -2.38. The van der Waals surface area contributed by atoms with E-state index < -0.39 is 29.8 Å². The van der Waals surface area contributed by atoms with Crippen molar-refractivity contribution in [3.05, 3.63) is 71.3 Å². The SMILES string of the molecule is COC(=O)CC(NC(=O)NCc1cccc(C(F)(F)F)c1)c1ccccc1. The molecule has 0 aliphatic heterocycles. The average Bonchev–Trinajstić information content (AvgIpc) is 2.66. The zero-order valence-corrected chi connectivity index (χ0v) is 14.5. The maximum Gasteiger partial charge on any atom is 0.416 e. The van der Waals surface area contributed by atoms with Crippen LogP contribution >= 0.6 is 0 Å². The number of halogens is 3. The Kier molecular flexibility index (Phi) is 6.81. The van der Waals surface area contributed by atoms with Gasteiger partial charge in [0.25, 0.3) is 0 Å². The van der Waals surface area contributed by atoms with E-state index in [1.165, 1.54) is 19.2 Å². The number of benzene rings is 2. The molecule has 2 aromatic rings. The standard InChI is InChI=1S/C19H19F3N2O3/c1-27-17(25)11-16(14-7-3-2-4-8-14)24-18(26)23-12-13-6-5-9-15(10-13)19(20,21)22/h2-10,16H,11-12H2,1H3,(H2,23,24,26). The number of rotatable bonds is 6. The summed E-state index contributed by atoms with van der Waals surface area (Å²) in [5, 5.41) is 5.14. The number of hydrogen-bond donors (Lipinski definition) is 2. The number of carbonyl (C=O) groups is 2. The number of nitrogens with one attached hydrogen (secondary N) is 2. The van der Waals surface area contributed by atoms with Gasteiger partial charge in [0.15, 0.2) is 0 Å². The van der Waals surface area contributed by atoms with E-state index in [0.717, 1.165) is 12.1 Å². The van der Waals surface area contributed by atoms with Crippen LogP contribution in [-0.2, 0) is 22.3 Å². The second-order valence-electron chi connectivity index (χ2n) is 5.77. The fourth-order valence-corrected chi connectivity index (χ4v) is 2.44. The molecule has 2 N–H and O–H groups in total. The minimum Gasteiger partial charge on any atom is -0.469 e. The summed E-state index contributed by atoms with van der Waals surface area (Å²) in [6, 6.07) is 12.3. The van der Waals surface area contributed by atoms with E-state index in [1.807, 2.05) is 0 Å². The van der Waals surface area contributed by atoms with Gasteiger partial charge in [-0.1, -0.05) is 42.5 Å². The Hall–Kier alpha value is -3.03. The van der Waals surface area contributed by atoms with Crippen molar-refractivity contribution in [2.75, 3.05) is 7.11 Å². The minimum absolute atomic E-state index is 0.0719. The quantitative estimate of drug-likeness (QED) is 0.749. The Balaban J connectivity index is 2.00. The number of ether oxygens (including phenoxy) is 1. The van der Waals surface area contributed by atoms with E-state index in [1.54, 1.807) is 30.3 Å². The molecular weight excluding hydrogens is 361 g/mol. The first kappa shape index (κ1) is 20.3. The van der Waals surface area contributed by atoms with E-state index in [4.69, 9.17) is 0 Å². The molecule has 0 spiro atoms. The fraction of sp³-hybridized carbons (Fsp3) is 0.263. The lowest BCUT2D eigenvalue weighted by Gasteiger charge is -2.19. The molecule has 0 aliphatic rings. The van der Waals surface area contributed by atoms with Crippen LogP contribution in [0.5, 0.6) is 0 Å². The molecule has 0 bridgehead atoms. The molecule has 2 rings (SSSR count). The third-order valence-corrected chi connectivity index (χ3v) is 3.81. The maximum absolute atomic E-state index is 12.7. The summed E-state index contributed by atoms with van der Waals surface area (Å²) in [5.41, 5.74) is 0.233. The number of methoxy groups -OCH3 is 1. The Labute approximate surface area is 154 Å². The van der Waals surface area contributed by atoms with E-state index >= 15 is 0 Å². The molecule has 144 valence electrons. The molecule has 0 aliphatic carbocycles. The molecule has 0 saturated heterocycles. The largest absolute Gasteiger partial charge is 0.469 e. The number of alkyl halides is 3. The molecule has 0 fully saturated rings. The topological polar surface area (TPSA) is 67.4 Å². The van der Waals surface area contributed by atoms with Crippen LogP contribution in [0.25, 0.3) is 0 Å². The lowest BCUT2D eigenvalue weighted by atomic mass is 10.0. The molecule has 0 aromatic heterocycles. The van der Waals surface area contributed by atoms with Gasteiger partial charge in [0.1, 0.15) is 0 Å². The number of carbonyl (C=O) groups excluding carboxylic acids is 2. The normalized spacial score (nSPS) is 12.1. The summed E-state index contributed by atoms with van der Waals surface area (Å²) in [5.74, 6) is -0.498. The van der Waals surface area contributed by atoms with Gasteiger partial charge in [-0.3, -0.25) is 4.79 Å². The predicted octanol–water partition coefficient (Wildman–Crippen LogP) is 3.81. The number of amides is 2. The monoisotopic (exact) mass is 380 g/mol. The summed E-state index contributed by atoms with van der Waals surface area (Å²) in [7, 11) is 1.25. The van der Waals surface area contributed by atoms with Crippen LogP contribution in [0.2, 0.25) is 0 Å². The summed E-state index contributed by atoms with van der Waals surface area (Å²) in [4.78, 5) is 23.7. The van der Waals surface area contributed by atoms with Gasteiger partial charge in [0, 0.05) is 6.54 Å². The van der Waals surface area contributed by atoms with Crippen molar-refractivity contribution in [3.63, 3.8) is 0 Å². The Morgan fingerprint density at radius 1 is 1.07 bits per heavy atom. The molecule has 0 saturated carbocycles. The van der Waals surface area contributed by atoms with Crippen molar-refractivity contribution in [2.24, 2.45) is 0 Å². The summed E-state index contributed by atoms with van der Waals surface area (Å²) in [6.07, 6.45) is -4.52. The van der Waals surface area contributed by atoms with Crippen molar-refractivity contribution in [3.8, 4) is 0 Å². The molecule has 0 radical (unpaired) electrons. The number of hydrogen-bond acceptors (Lipinski definition) is 3. The summed E-state index contributed by atoms with van der Waals surface area (Å²) < 4.78 is 42.9. The predicted molar refractivity (Wildman–Crippen MR) is 92.6 cm³/mol. The Morgan fingerprint density at radius 2 is 1.78 bits per heavy atom. The minimum atomic E-state index is -4.45.